The fraction of sp³-hybridized carbons (Fsp3) is 0.692. The Morgan fingerprint density at radius 2 is 2.38 bits per heavy atom. The standard InChI is InChI=1S/C13H18N4O3S/c1-9-14-13(15-20-9)10-3-2-4-16(5-10)11(18)6-17-8-21-7-12(17)19/h10H,2-8H2,1H3. The summed E-state index contributed by atoms with van der Waals surface area (Å²) in [6.07, 6.45) is 1.88. The van der Waals surface area contributed by atoms with Crippen LogP contribution in [0.2, 0.25) is 0 Å². The third kappa shape index (κ3) is 3.20. The minimum atomic E-state index is 0.00997. The Balaban J connectivity index is 1.60. The molecule has 0 bridgehead atoms. The van der Waals surface area contributed by atoms with Crippen molar-refractivity contribution in [2.75, 3.05) is 31.3 Å². The maximum atomic E-state index is 12.3. The summed E-state index contributed by atoms with van der Waals surface area (Å²) in [5.74, 6) is 2.52. The number of piperidine rings is 1. The summed E-state index contributed by atoms with van der Waals surface area (Å²) < 4.78 is 5.01. The van der Waals surface area contributed by atoms with E-state index in [1.165, 1.54) is 0 Å². The van der Waals surface area contributed by atoms with Gasteiger partial charge in [0, 0.05) is 25.9 Å². The lowest BCUT2D eigenvalue weighted by Crippen LogP contribution is -2.45. The summed E-state index contributed by atoms with van der Waals surface area (Å²) in [6.45, 7) is 3.29. The summed E-state index contributed by atoms with van der Waals surface area (Å²) in [7, 11) is 0. The summed E-state index contributed by atoms with van der Waals surface area (Å²) in [4.78, 5) is 31.6. The van der Waals surface area contributed by atoms with Crippen LogP contribution in [0.4, 0.5) is 0 Å². The van der Waals surface area contributed by atoms with E-state index in [4.69, 9.17) is 4.52 Å². The van der Waals surface area contributed by atoms with Gasteiger partial charge in [-0.25, -0.2) is 0 Å². The van der Waals surface area contributed by atoms with Crippen LogP contribution >= 0.6 is 11.8 Å². The number of likely N-dealkylation sites (tertiary alicyclic amines) is 1. The highest BCUT2D eigenvalue weighted by Gasteiger charge is 2.30. The Bertz CT molecular complexity index is 547. The lowest BCUT2D eigenvalue weighted by Gasteiger charge is -2.32. The highest BCUT2D eigenvalue weighted by atomic mass is 32.2. The van der Waals surface area contributed by atoms with Gasteiger partial charge in [0.1, 0.15) is 6.54 Å². The molecule has 0 saturated carbocycles. The molecule has 2 aliphatic rings. The first-order valence-electron chi connectivity index (χ1n) is 7.07. The zero-order valence-corrected chi connectivity index (χ0v) is 12.8. The van der Waals surface area contributed by atoms with Crippen LogP contribution in [-0.2, 0) is 9.59 Å². The molecule has 2 fully saturated rings. The van der Waals surface area contributed by atoms with Crippen LogP contribution in [0.5, 0.6) is 0 Å². The van der Waals surface area contributed by atoms with E-state index in [-0.39, 0.29) is 24.3 Å². The first kappa shape index (κ1) is 14.4. The maximum absolute atomic E-state index is 12.3. The predicted molar refractivity (Wildman–Crippen MR) is 76.6 cm³/mol. The summed E-state index contributed by atoms with van der Waals surface area (Å²) in [5.41, 5.74) is 0. The van der Waals surface area contributed by atoms with Crippen LogP contribution in [0.1, 0.15) is 30.5 Å². The van der Waals surface area contributed by atoms with Crippen molar-refractivity contribution < 1.29 is 14.1 Å². The number of nitrogens with zero attached hydrogens (tertiary/aromatic N) is 4. The van der Waals surface area contributed by atoms with Crippen LogP contribution in [0.3, 0.4) is 0 Å². The Morgan fingerprint density at radius 3 is 3.05 bits per heavy atom. The van der Waals surface area contributed by atoms with Crippen LogP contribution in [0.15, 0.2) is 4.52 Å². The van der Waals surface area contributed by atoms with Gasteiger partial charge < -0.3 is 14.3 Å². The van der Waals surface area contributed by atoms with Gasteiger partial charge in [-0.3, -0.25) is 9.59 Å². The predicted octanol–water partition coefficient (Wildman–Crippen LogP) is 0.617. The number of hydrogen-bond acceptors (Lipinski definition) is 6. The fourth-order valence-corrected chi connectivity index (χ4v) is 3.60. The smallest absolute Gasteiger partial charge is 0.242 e. The monoisotopic (exact) mass is 310 g/mol. The molecule has 8 heteroatoms. The highest BCUT2D eigenvalue weighted by molar-refractivity contribution is 8.00. The molecule has 21 heavy (non-hydrogen) atoms. The number of hydrogen-bond donors (Lipinski definition) is 0. The SMILES string of the molecule is Cc1nc(C2CCCN(C(=O)CN3CSCC3=O)C2)no1. The molecule has 114 valence electrons. The number of carbonyl (C=O) groups excluding carboxylic acids is 2. The zero-order valence-electron chi connectivity index (χ0n) is 11.9. The van der Waals surface area contributed by atoms with Gasteiger partial charge in [0.2, 0.25) is 17.7 Å². The van der Waals surface area contributed by atoms with Gasteiger partial charge in [-0.2, -0.15) is 4.98 Å². The topological polar surface area (TPSA) is 79.5 Å². The minimum Gasteiger partial charge on any atom is -0.340 e. The molecule has 3 rings (SSSR count). The lowest BCUT2D eigenvalue weighted by atomic mass is 9.97. The zero-order chi connectivity index (χ0) is 14.8. The second-order valence-electron chi connectivity index (χ2n) is 5.42. The van der Waals surface area contributed by atoms with E-state index in [1.54, 1.807) is 23.6 Å². The van der Waals surface area contributed by atoms with E-state index in [0.29, 0.717) is 29.9 Å². The van der Waals surface area contributed by atoms with Gasteiger partial charge in [-0.05, 0) is 12.8 Å². The van der Waals surface area contributed by atoms with Crippen molar-refractivity contribution in [2.45, 2.75) is 25.7 Å². The number of aromatic nitrogens is 2. The Morgan fingerprint density at radius 1 is 1.52 bits per heavy atom. The van der Waals surface area contributed by atoms with Crippen LogP contribution < -0.4 is 0 Å². The Kier molecular flexibility index (Phi) is 4.14. The van der Waals surface area contributed by atoms with E-state index in [2.05, 4.69) is 10.1 Å². The third-order valence-corrected chi connectivity index (χ3v) is 4.78. The summed E-state index contributed by atoms with van der Waals surface area (Å²) >= 11 is 1.55. The molecule has 0 N–H and O–H groups in total. The molecular weight excluding hydrogens is 292 g/mol. The largest absolute Gasteiger partial charge is 0.340 e. The molecular formula is C13H18N4O3S. The average molecular weight is 310 g/mol. The second kappa shape index (κ2) is 6.05. The number of aryl methyl sites for hydroxylation is 1. The summed E-state index contributed by atoms with van der Waals surface area (Å²) in [5, 5.41) is 3.96. The highest BCUT2D eigenvalue weighted by Crippen LogP contribution is 2.25. The molecule has 2 saturated heterocycles. The first-order valence-corrected chi connectivity index (χ1v) is 8.22. The normalized spacial score (nSPS) is 22.9. The van der Waals surface area contributed by atoms with Crippen molar-refractivity contribution in [3.8, 4) is 0 Å². The molecule has 3 heterocycles. The fourth-order valence-electron chi connectivity index (χ4n) is 2.70. The molecule has 2 amide bonds. The number of thioether (sulfide) groups is 1. The molecule has 1 aromatic heterocycles. The molecule has 0 aromatic carbocycles. The third-order valence-electron chi connectivity index (χ3n) is 3.83. The van der Waals surface area contributed by atoms with Crippen molar-refractivity contribution in [3.05, 3.63) is 11.7 Å². The Labute approximate surface area is 127 Å². The molecule has 7 nitrogen and oxygen atoms in total. The lowest BCUT2D eigenvalue weighted by molar-refractivity contribution is -0.138. The number of amides is 2. The van der Waals surface area contributed by atoms with E-state index in [1.807, 2.05) is 4.90 Å². The van der Waals surface area contributed by atoms with Gasteiger partial charge in [0.25, 0.3) is 0 Å². The van der Waals surface area contributed by atoms with E-state index >= 15 is 0 Å². The van der Waals surface area contributed by atoms with Gasteiger partial charge >= 0.3 is 0 Å². The molecule has 2 aliphatic heterocycles. The van der Waals surface area contributed by atoms with Crippen molar-refractivity contribution in [1.29, 1.82) is 0 Å². The van der Waals surface area contributed by atoms with Crippen LogP contribution in [0.25, 0.3) is 0 Å². The quantitative estimate of drug-likeness (QED) is 0.814. The minimum absolute atomic E-state index is 0.00997. The van der Waals surface area contributed by atoms with Gasteiger partial charge in [-0.1, -0.05) is 5.16 Å². The van der Waals surface area contributed by atoms with Crippen molar-refractivity contribution in [2.24, 2.45) is 0 Å². The van der Waals surface area contributed by atoms with Gasteiger partial charge in [0.05, 0.1) is 11.6 Å². The number of carbonyl (C=O) groups is 2. The second-order valence-corrected chi connectivity index (χ2v) is 6.37. The number of rotatable bonds is 3. The molecule has 0 aliphatic carbocycles. The molecule has 0 spiro atoms. The van der Waals surface area contributed by atoms with Crippen LogP contribution in [-0.4, -0.2) is 63.0 Å². The maximum Gasteiger partial charge on any atom is 0.242 e. The molecule has 1 aromatic rings. The Hall–Kier alpha value is -1.57. The van der Waals surface area contributed by atoms with E-state index < -0.39 is 0 Å². The van der Waals surface area contributed by atoms with Gasteiger partial charge in [-0.15, -0.1) is 11.8 Å². The van der Waals surface area contributed by atoms with E-state index in [0.717, 1.165) is 19.4 Å². The molecule has 1 unspecified atom stereocenters. The van der Waals surface area contributed by atoms with E-state index in [9.17, 15) is 9.59 Å². The van der Waals surface area contributed by atoms with Crippen molar-refractivity contribution in [1.82, 2.24) is 19.9 Å². The summed E-state index contributed by atoms with van der Waals surface area (Å²) in [6, 6.07) is 0. The van der Waals surface area contributed by atoms with Crippen molar-refractivity contribution in [3.63, 3.8) is 0 Å². The van der Waals surface area contributed by atoms with Crippen molar-refractivity contribution >= 4 is 23.6 Å². The molecule has 1 atom stereocenters. The van der Waals surface area contributed by atoms with Gasteiger partial charge in [0.15, 0.2) is 5.82 Å². The van der Waals surface area contributed by atoms with Crippen LogP contribution in [0, 0.1) is 6.92 Å². The average Bonchev–Trinajstić information content (AvgIpc) is 3.08. The first-order chi connectivity index (χ1) is 10.1. The molecule has 0 radical (unpaired) electrons.